The molecule has 1 aliphatic rings. The second kappa shape index (κ2) is 8.23. The van der Waals surface area contributed by atoms with Gasteiger partial charge in [-0.3, -0.25) is 4.79 Å². The molecule has 23 heavy (non-hydrogen) atoms. The molecule has 1 fully saturated rings. The molecule has 0 saturated carbocycles. The van der Waals surface area contributed by atoms with Crippen LogP contribution in [0.2, 0.25) is 0 Å². The molecule has 2 rings (SSSR count). The zero-order valence-electron chi connectivity index (χ0n) is 12.8. The van der Waals surface area contributed by atoms with Crippen LogP contribution in [0.25, 0.3) is 0 Å². The van der Waals surface area contributed by atoms with Crippen molar-refractivity contribution in [1.29, 1.82) is 0 Å². The van der Waals surface area contributed by atoms with Crippen molar-refractivity contribution in [3.63, 3.8) is 0 Å². The Kier molecular flexibility index (Phi) is 6.58. The second-order valence-electron chi connectivity index (χ2n) is 5.39. The lowest BCUT2D eigenvalue weighted by Gasteiger charge is -2.23. The highest BCUT2D eigenvalue weighted by Crippen LogP contribution is 2.15. The first-order chi connectivity index (χ1) is 10.9. The van der Waals surface area contributed by atoms with Gasteiger partial charge in [-0.25, -0.2) is 13.1 Å². The lowest BCUT2D eigenvalue weighted by atomic mass is 10.1. The van der Waals surface area contributed by atoms with Crippen molar-refractivity contribution in [2.45, 2.75) is 43.3 Å². The first kappa shape index (κ1) is 18.4. The van der Waals surface area contributed by atoms with E-state index in [4.69, 9.17) is 9.47 Å². The van der Waals surface area contributed by atoms with Gasteiger partial charge in [0.05, 0.1) is 17.6 Å². The van der Waals surface area contributed by atoms with Crippen molar-refractivity contribution in [2.24, 2.45) is 0 Å². The standard InChI is InChI=1S/C15H20BrNO5S/c1-11(22-10-13-4-2-3-9-21-13)15(18)17-23(19,20)14-7-5-12(16)6-8-14/h5-8,11,13H,2-4,9-10H2,1H3,(H,17,18). The number of amides is 1. The highest BCUT2D eigenvalue weighted by molar-refractivity contribution is 9.10. The zero-order chi connectivity index (χ0) is 16.9. The van der Waals surface area contributed by atoms with Crippen molar-refractivity contribution < 1.29 is 22.7 Å². The quantitative estimate of drug-likeness (QED) is 0.784. The maximum atomic E-state index is 12.1. The molecule has 1 aromatic rings. The van der Waals surface area contributed by atoms with Crippen LogP contribution in [0, 0.1) is 0 Å². The summed E-state index contributed by atoms with van der Waals surface area (Å²) < 4.78 is 38.0. The van der Waals surface area contributed by atoms with Gasteiger partial charge in [-0.2, -0.15) is 0 Å². The number of nitrogens with one attached hydrogen (secondary N) is 1. The summed E-state index contributed by atoms with van der Waals surface area (Å²) >= 11 is 3.23. The summed E-state index contributed by atoms with van der Waals surface area (Å²) in [5.41, 5.74) is 0. The summed E-state index contributed by atoms with van der Waals surface area (Å²) in [5.74, 6) is -0.691. The fourth-order valence-corrected chi connectivity index (χ4v) is 3.46. The van der Waals surface area contributed by atoms with E-state index >= 15 is 0 Å². The number of benzene rings is 1. The molecule has 0 aliphatic carbocycles. The largest absolute Gasteiger partial charge is 0.376 e. The molecule has 0 aromatic heterocycles. The van der Waals surface area contributed by atoms with Crippen LogP contribution in [-0.2, 0) is 24.3 Å². The van der Waals surface area contributed by atoms with E-state index in [1.54, 1.807) is 12.1 Å². The van der Waals surface area contributed by atoms with E-state index < -0.39 is 22.0 Å². The predicted molar refractivity (Wildman–Crippen MR) is 88.5 cm³/mol. The second-order valence-corrected chi connectivity index (χ2v) is 7.99. The van der Waals surface area contributed by atoms with Crippen LogP contribution in [-0.4, -0.2) is 39.7 Å². The van der Waals surface area contributed by atoms with Gasteiger partial charge in [-0.15, -0.1) is 0 Å². The number of rotatable bonds is 6. The Bertz CT molecular complexity index is 626. The van der Waals surface area contributed by atoms with Crippen LogP contribution in [0.3, 0.4) is 0 Å². The molecule has 1 aromatic carbocycles. The Morgan fingerprint density at radius 2 is 2.09 bits per heavy atom. The van der Waals surface area contributed by atoms with E-state index in [9.17, 15) is 13.2 Å². The maximum Gasteiger partial charge on any atom is 0.264 e. The van der Waals surface area contributed by atoms with Crippen molar-refractivity contribution in [3.8, 4) is 0 Å². The summed E-state index contributed by atoms with van der Waals surface area (Å²) in [4.78, 5) is 12.0. The molecule has 8 heteroatoms. The molecule has 1 aliphatic heterocycles. The lowest BCUT2D eigenvalue weighted by molar-refractivity contribution is -0.133. The molecule has 0 bridgehead atoms. The molecule has 1 N–H and O–H groups in total. The van der Waals surface area contributed by atoms with Crippen molar-refractivity contribution in [2.75, 3.05) is 13.2 Å². The Balaban J connectivity index is 1.87. The SMILES string of the molecule is CC(OCC1CCCCO1)C(=O)NS(=O)(=O)c1ccc(Br)cc1. The molecule has 0 radical (unpaired) electrons. The van der Waals surface area contributed by atoms with Gasteiger partial charge in [0.1, 0.15) is 6.10 Å². The van der Waals surface area contributed by atoms with Gasteiger partial charge < -0.3 is 9.47 Å². The lowest BCUT2D eigenvalue weighted by Crippen LogP contribution is -2.40. The molecule has 1 amide bonds. The van der Waals surface area contributed by atoms with Crippen molar-refractivity contribution in [3.05, 3.63) is 28.7 Å². The third kappa shape index (κ3) is 5.56. The Morgan fingerprint density at radius 1 is 1.39 bits per heavy atom. The minimum Gasteiger partial charge on any atom is -0.376 e. The van der Waals surface area contributed by atoms with Crippen LogP contribution in [0.15, 0.2) is 33.6 Å². The number of ether oxygens (including phenoxy) is 2. The fourth-order valence-electron chi connectivity index (χ4n) is 2.15. The average molecular weight is 406 g/mol. The number of hydrogen-bond donors (Lipinski definition) is 1. The topological polar surface area (TPSA) is 81.7 Å². The average Bonchev–Trinajstić information content (AvgIpc) is 2.53. The van der Waals surface area contributed by atoms with Crippen LogP contribution < -0.4 is 4.72 Å². The molecule has 6 nitrogen and oxygen atoms in total. The van der Waals surface area contributed by atoms with Crippen LogP contribution in [0.4, 0.5) is 0 Å². The van der Waals surface area contributed by atoms with E-state index in [0.717, 1.165) is 23.7 Å². The van der Waals surface area contributed by atoms with Crippen LogP contribution in [0.1, 0.15) is 26.2 Å². The normalized spacial score (nSPS) is 20.0. The zero-order valence-corrected chi connectivity index (χ0v) is 15.2. The third-order valence-corrected chi connectivity index (χ3v) is 5.43. The molecule has 2 atom stereocenters. The number of halogens is 1. The van der Waals surface area contributed by atoms with E-state index in [1.165, 1.54) is 19.1 Å². The van der Waals surface area contributed by atoms with Gasteiger partial charge in [-0.1, -0.05) is 15.9 Å². The summed E-state index contributed by atoms with van der Waals surface area (Å²) in [7, 11) is -3.90. The van der Waals surface area contributed by atoms with Gasteiger partial charge in [0.25, 0.3) is 15.9 Å². The van der Waals surface area contributed by atoms with E-state index in [1.807, 2.05) is 4.72 Å². The third-order valence-electron chi connectivity index (χ3n) is 3.53. The molecular weight excluding hydrogens is 386 g/mol. The van der Waals surface area contributed by atoms with Gasteiger partial charge in [0, 0.05) is 11.1 Å². The Labute approximate surface area is 144 Å². The van der Waals surface area contributed by atoms with Gasteiger partial charge in [0.15, 0.2) is 0 Å². The smallest absolute Gasteiger partial charge is 0.264 e. The van der Waals surface area contributed by atoms with E-state index in [2.05, 4.69) is 15.9 Å². The molecular formula is C15H20BrNO5S. The molecule has 1 saturated heterocycles. The molecule has 0 spiro atoms. The molecule has 2 unspecified atom stereocenters. The van der Waals surface area contributed by atoms with Gasteiger partial charge >= 0.3 is 0 Å². The Hall–Kier alpha value is -0.960. The fraction of sp³-hybridized carbons (Fsp3) is 0.533. The number of carbonyl (C=O) groups is 1. The van der Waals surface area contributed by atoms with E-state index in [-0.39, 0.29) is 17.6 Å². The number of carbonyl (C=O) groups excluding carboxylic acids is 1. The first-order valence-electron chi connectivity index (χ1n) is 7.44. The number of hydrogen-bond acceptors (Lipinski definition) is 5. The minimum atomic E-state index is -3.90. The van der Waals surface area contributed by atoms with E-state index in [0.29, 0.717) is 6.61 Å². The summed E-state index contributed by atoms with van der Waals surface area (Å²) in [6.07, 6.45) is 2.11. The predicted octanol–water partition coefficient (Wildman–Crippen LogP) is 2.23. The van der Waals surface area contributed by atoms with Gasteiger partial charge in [0.2, 0.25) is 0 Å². The highest BCUT2D eigenvalue weighted by Gasteiger charge is 2.23. The van der Waals surface area contributed by atoms with Crippen molar-refractivity contribution in [1.82, 2.24) is 4.72 Å². The number of sulfonamides is 1. The summed E-state index contributed by atoms with van der Waals surface area (Å²) in [6, 6.07) is 6.03. The van der Waals surface area contributed by atoms with Gasteiger partial charge in [-0.05, 0) is 50.5 Å². The van der Waals surface area contributed by atoms with Crippen molar-refractivity contribution >= 4 is 31.9 Å². The Morgan fingerprint density at radius 3 is 2.70 bits per heavy atom. The van der Waals surface area contributed by atoms with Crippen LogP contribution in [0.5, 0.6) is 0 Å². The van der Waals surface area contributed by atoms with Crippen LogP contribution >= 0.6 is 15.9 Å². The highest BCUT2D eigenvalue weighted by atomic mass is 79.9. The summed E-state index contributed by atoms with van der Waals surface area (Å²) in [6.45, 7) is 2.51. The summed E-state index contributed by atoms with van der Waals surface area (Å²) in [5, 5.41) is 0. The molecule has 128 valence electrons. The maximum absolute atomic E-state index is 12.1. The monoisotopic (exact) mass is 405 g/mol. The minimum absolute atomic E-state index is 0.0249. The molecule has 1 heterocycles. The first-order valence-corrected chi connectivity index (χ1v) is 9.71.